The normalized spacial score (nSPS) is 10.1. The second-order valence-corrected chi connectivity index (χ2v) is 5.66. The summed E-state index contributed by atoms with van der Waals surface area (Å²) in [7, 11) is 0.0506. The van der Waals surface area contributed by atoms with E-state index in [1.165, 1.54) is 25.3 Å². The molecule has 0 aromatic carbocycles. The highest BCUT2D eigenvalue weighted by atomic mass is 28.3. The largest absolute Gasteiger partial charge is 0.103 e. The van der Waals surface area contributed by atoms with E-state index in [9.17, 15) is 0 Å². The fourth-order valence-electron chi connectivity index (χ4n) is 0.767. The monoisotopic (exact) mass is 141 g/mol. The molecular formula is C8H17Si. The van der Waals surface area contributed by atoms with E-state index in [0.717, 1.165) is 0 Å². The molecule has 0 aliphatic rings. The van der Waals surface area contributed by atoms with Crippen molar-refractivity contribution in [1.29, 1.82) is 0 Å². The SMILES string of the molecule is C=CCCCC[Si](C)C. The molecule has 0 spiro atoms. The van der Waals surface area contributed by atoms with Crippen molar-refractivity contribution >= 4 is 8.80 Å². The lowest BCUT2D eigenvalue weighted by Gasteiger charge is -1.99. The molecule has 0 nitrogen and oxygen atoms in total. The Bertz CT molecular complexity index is 67.0. The second-order valence-electron chi connectivity index (χ2n) is 2.74. The molecule has 0 aliphatic carbocycles. The molecule has 0 aromatic heterocycles. The lowest BCUT2D eigenvalue weighted by atomic mass is 10.2. The minimum Gasteiger partial charge on any atom is -0.103 e. The lowest BCUT2D eigenvalue weighted by Crippen LogP contribution is -1.97. The van der Waals surface area contributed by atoms with Crippen molar-refractivity contribution in [2.24, 2.45) is 0 Å². The molecule has 0 N–H and O–H groups in total. The molecule has 0 rings (SSSR count). The van der Waals surface area contributed by atoms with Crippen LogP contribution in [0.25, 0.3) is 0 Å². The molecule has 9 heavy (non-hydrogen) atoms. The molecule has 53 valence electrons. The summed E-state index contributed by atoms with van der Waals surface area (Å²) >= 11 is 0. The molecule has 0 amide bonds. The van der Waals surface area contributed by atoms with Gasteiger partial charge in [-0.3, -0.25) is 0 Å². The van der Waals surface area contributed by atoms with Gasteiger partial charge in [0.05, 0.1) is 0 Å². The van der Waals surface area contributed by atoms with Crippen molar-refractivity contribution in [1.82, 2.24) is 0 Å². The highest BCUT2D eigenvalue weighted by Gasteiger charge is 1.93. The third-order valence-electron chi connectivity index (χ3n) is 1.34. The van der Waals surface area contributed by atoms with Crippen LogP contribution in [0.3, 0.4) is 0 Å². The number of hydrogen-bond acceptors (Lipinski definition) is 0. The highest BCUT2D eigenvalue weighted by molar-refractivity contribution is 6.55. The van der Waals surface area contributed by atoms with Gasteiger partial charge in [-0.15, -0.1) is 6.58 Å². The third-order valence-corrected chi connectivity index (χ3v) is 2.69. The van der Waals surface area contributed by atoms with Gasteiger partial charge in [0.1, 0.15) is 0 Å². The zero-order valence-corrected chi connectivity index (χ0v) is 7.61. The first-order valence-electron chi connectivity index (χ1n) is 3.67. The Morgan fingerprint density at radius 1 is 1.33 bits per heavy atom. The Morgan fingerprint density at radius 2 is 2.00 bits per heavy atom. The molecule has 1 heteroatoms. The van der Waals surface area contributed by atoms with E-state index in [1.54, 1.807) is 0 Å². The zero-order chi connectivity index (χ0) is 7.11. The van der Waals surface area contributed by atoms with E-state index in [0.29, 0.717) is 0 Å². The first-order valence-corrected chi connectivity index (χ1v) is 6.38. The van der Waals surface area contributed by atoms with Crippen LogP contribution in [-0.4, -0.2) is 8.80 Å². The van der Waals surface area contributed by atoms with Crippen molar-refractivity contribution in [3.05, 3.63) is 12.7 Å². The van der Waals surface area contributed by atoms with E-state index in [4.69, 9.17) is 0 Å². The van der Waals surface area contributed by atoms with Gasteiger partial charge in [0.25, 0.3) is 0 Å². The van der Waals surface area contributed by atoms with Gasteiger partial charge in [0.2, 0.25) is 0 Å². The highest BCUT2D eigenvalue weighted by Crippen LogP contribution is 2.03. The topological polar surface area (TPSA) is 0 Å². The van der Waals surface area contributed by atoms with E-state index in [2.05, 4.69) is 19.7 Å². The molecule has 0 atom stereocenters. The summed E-state index contributed by atoms with van der Waals surface area (Å²) in [6.07, 6.45) is 5.97. The van der Waals surface area contributed by atoms with E-state index in [-0.39, 0.29) is 8.80 Å². The standard InChI is InChI=1S/C8H17Si/c1-4-5-6-7-8-9(2)3/h4H,1,5-8H2,2-3H3. The Balaban J connectivity index is 2.82. The third kappa shape index (κ3) is 7.96. The van der Waals surface area contributed by atoms with Gasteiger partial charge in [0.15, 0.2) is 0 Å². The van der Waals surface area contributed by atoms with Gasteiger partial charge in [-0.05, 0) is 6.42 Å². The maximum Gasteiger partial charge on any atom is 0.0412 e. The molecule has 0 heterocycles. The van der Waals surface area contributed by atoms with Crippen molar-refractivity contribution < 1.29 is 0 Å². The molecule has 0 saturated heterocycles. The maximum atomic E-state index is 3.69. The molecule has 0 aliphatic heterocycles. The van der Waals surface area contributed by atoms with Crippen LogP contribution in [0.1, 0.15) is 19.3 Å². The molecule has 0 bridgehead atoms. The van der Waals surface area contributed by atoms with Gasteiger partial charge < -0.3 is 0 Å². The van der Waals surface area contributed by atoms with Crippen molar-refractivity contribution in [2.75, 3.05) is 0 Å². The smallest absolute Gasteiger partial charge is 0.0412 e. The Kier molecular flexibility index (Phi) is 6.05. The molecule has 1 radical (unpaired) electrons. The van der Waals surface area contributed by atoms with Crippen LogP contribution in [0.4, 0.5) is 0 Å². The predicted octanol–water partition coefficient (Wildman–Crippen LogP) is 3.10. The minimum absolute atomic E-state index is 0.0506. The summed E-state index contributed by atoms with van der Waals surface area (Å²) in [5.41, 5.74) is 0. The predicted molar refractivity (Wildman–Crippen MR) is 46.3 cm³/mol. The number of rotatable bonds is 5. The van der Waals surface area contributed by atoms with Gasteiger partial charge in [-0.25, -0.2) is 0 Å². The van der Waals surface area contributed by atoms with Gasteiger partial charge in [0, 0.05) is 8.80 Å². The average molecular weight is 141 g/mol. The average Bonchev–Trinajstić information content (AvgIpc) is 1.80. The maximum absolute atomic E-state index is 3.69. The van der Waals surface area contributed by atoms with Crippen LogP contribution in [0.5, 0.6) is 0 Å². The van der Waals surface area contributed by atoms with Crippen LogP contribution >= 0.6 is 0 Å². The Morgan fingerprint density at radius 3 is 2.44 bits per heavy atom. The fraction of sp³-hybridized carbons (Fsp3) is 0.750. The molecule has 0 aromatic rings. The van der Waals surface area contributed by atoms with Gasteiger partial charge in [-0.1, -0.05) is 38.1 Å². The Hall–Kier alpha value is -0.0431. The first kappa shape index (κ1) is 8.96. The van der Waals surface area contributed by atoms with Gasteiger partial charge >= 0.3 is 0 Å². The summed E-state index contributed by atoms with van der Waals surface area (Å²) in [6.45, 7) is 8.43. The van der Waals surface area contributed by atoms with Crippen molar-refractivity contribution in [3.8, 4) is 0 Å². The van der Waals surface area contributed by atoms with Crippen LogP contribution < -0.4 is 0 Å². The van der Waals surface area contributed by atoms with Gasteiger partial charge in [-0.2, -0.15) is 0 Å². The molecule has 0 unspecified atom stereocenters. The van der Waals surface area contributed by atoms with Crippen LogP contribution in [0.15, 0.2) is 12.7 Å². The van der Waals surface area contributed by atoms with E-state index < -0.39 is 0 Å². The second kappa shape index (κ2) is 6.08. The Labute approximate surface area is 60.6 Å². The zero-order valence-electron chi connectivity index (χ0n) is 6.61. The van der Waals surface area contributed by atoms with Crippen LogP contribution in [0.2, 0.25) is 19.1 Å². The minimum atomic E-state index is 0.0506. The summed E-state index contributed by atoms with van der Waals surface area (Å²) in [4.78, 5) is 0. The quantitative estimate of drug-likeness (QED) is 0.313. The summed E-state index contributed by atoms with van der Waals surface area (Å²) in [5, 5.41) is 0. The van der Waals surface area contributed by atoms with Crippen molar-refractivity contribution in [2.45, 2.75) is 38.4 Å². The first-order chi connectivity index (χ1) is 4.27. The van der Waals surface area contributed by atoms with E-state index >= 15 is 0 Å². The summed E-state index contributed by atoms with van der Waals surface area (Å²) in [5.74, 6) is 0. The number of unbranched alkanes of at least 4 members (excludes halogenated alkanes) is 2. The fourth-order valence-corrected chi connectivity index (χ4v) is 1.72. The summed E-state index contributed by atoms with van der Waals surface area (Å²) in [6, 6.07) is 1.47. The van der Waals surface area contributed by atoms with E-state index in [1.807, 2.05) is 6.08 Å². The molecule has 0 fully saturated rings. The molecule has 0 saturated carbocycles. The van der Waals surface area contributed by atoms with Crippen LogP contribution in [0, 0.1) is 0 Å². The number of allylic oxidation sites excluding steroid dienone is 1. The van der Waals surface area contributed by atoms with Crippen molar-refractivity contribution in [3.63, 3.8) is 0 Å². The van der Waals surface area contributed by atoms with Crippen LogP contribution in [-0.2, 0) is 0 Å². The summed E-state index contributed by atoms with van der Waals surface area (Å²) < 4.78 is 0. The lowest BCUT2D eigenvalue weighted by molar-refractivity contribution is 0.809. The number of hydrogen-bond donors (Lipinski definition) is 0. The molecular weight excluding hydrogens is 124 g/mol.